The third-order valence-electron chi connectivity index (χ3n) is 4.99. The van der Waals surface area contributed by atoms with Gasteiger partial charge in [0.25, 0.3) is 0 Å². The molecule has 0 amide bonds. The number of hydrogen-bond donors (Lipinski definition) is 0. The van der Waals surface area contributed by atoms with Crippen molar-refractivity contribution in [3.8, 4) is 11.3 Å². The van der Waals surface area contributed by atoms with Crippen LogP contribution in [0.3, 0.4) is 0 Å². The van der Waals surface area contributed by atoms with E-state index >= 15 is 0 Å². The molecule has 30 heavy (non-hydrogen) atoms. The van der Waals surface area contributed by atoms with E-state index in [0.29, 0.717) is 23.5 Å². The van der Waals surface area contributed by atoms with E-state index in [1.165, 1.54) is 0 Å². The normalized spacial score (nSPS) is 11.9. The number of aromatic nitrogens is 6. The van der Waals surface area contributed by atoms with E-state index < -0.39 is 7.14 Å². The zero-order valence-electron chi connectivity index (χ0n) is 16.6. The van der Waals surface area contributed by atoms with Gasteiger partial charge in [0, 0.05) is 22.5 Å². The Kier molecular flexibility index (Phi) is 4.40. The molecule has 0 aliphatic rings. The molecule has 5 rings (SSSR count). The molecule has 3 aromatic heterocycles. The molecule has 148 valence electrons. The molecule has 0 unspecified atom stereocenters. The third kappa shape index (κ3) is 3.48. The first kappa shape index (κ1) is 18.6. The van der Waals surface area contributed by atoms with Crippen LogP contribution >= 0.6 is 7.14 Å². The third-order valence-corrected chi connectivity index (χ3v) is 6.51. The van der Waals surface area contributed by atoms with E-state index in [9.17, 15) is 4.57 Å². The first-order chi connectivity index (χ1) is 14.5. The zero-order chi connectivity index (χ0) is 20.7. The summed E-state index contributed by atoms with van der Waals surface area (Å²) >= 11 is 0. The van der Waals surface area contributed by atoms with E-state index in [4.69, 9.17) is 4.98 Å². The average molecular weight is 414 g/mol. The van der Waals surface area contributed by atoms with Gasteiger partial charge < -0.3 is 4.57 Å². The molecule has 0 bridgehead atoms. The van der Waals surface area contributed by atoms with Crippen molar-refractivity contribution in [1.29, 1.82) is 0 Å². The maximum atomic E-state index is 12.5. The molecule has 0 saturated carbocycles. The maximum absolute atomic E-state index is 12.5. The van der Waals surface area contributed by atoms with Crippen LogP contribution in [0.5, 0.6) is 0 Å². The van der Waals surface area contributed by atoms with Crippen LogP contribution in [-0.2, 0) is 11.1 Å². The first-order valence-corrected chi connectivity index (χ1v) is 12.1. The predicted octanol–water partition coefficient (Wildman–Crippen LogP) is 3.73. The summed E-state index contributed by atoms with van der Waals surface area (Å²) in [5.41, 5.74) is 4.71. The van der Waals surface area contributed by atoms with Crippen LogP contribution < -0.4 is 5.30 Å². The smallest absolute Gasteiger partial charge is 0.221 e. The lowest BCUT2D eigenvalue weighted by Crippen LogP contribution is -2.05. The molecular weight excluding hydrogens is 395 g/mol. The minimum Gasteiger partial charge on any atom is -0.319 e. The van der Waals surface area contributed by atoms with Crippen LogP contribution in [0.2, 0.25) is 0 Å². The van der Waals surface area contributed by atoms with Crippen LogP contribution in [-0.4, -0.2) is 43.3 Å². The fraction of sp³-hybridized carbons (Fsp3) is 0.136. The van der Waals surface area contributed by atoms with Crippen LogP contribution in [0.4, 0.5) is 0 Å². The topological polar surface area (TPSA) is 86.5 Å². The lowest BCUT2D eigenvalue weighted by Gasteiger charge is -2.09. The number of pyridine rings is 1. The van der Waals surface area contributed by atoms with Crippen molar-refractivity contribution in [1.82, 2.24) is 29.9 Å². The van der Waals surface area contributed by atoms with E-state index in [1.807, 2.05) is 48.5 Å². The average Bonchev–Trinajstić information content (AvgIpc) is 3.15. The summed E-state index contributed by atoms with van der Waals surface area (Å²) < 4.78 is 14.2. The van der Waals surface area contributed by atoms with Gasteiger partial charge in [-0.05, 0) is 43.2 Å². The Bertz CT molecular complexity index is 1440. The largest absolute Gasteiger partial charge is 0.319 e. The Balaban J connectivity index is 1.54. The van der Waals surface area contributed by atoms with Crippen molar-refractivity contribution in [3.63, 3.8) is 0 Å². The van der Waals surface area contributed by atoms with E-state index in [-0.39, 0.29) is 0 Å². The van der Waals surface area contributed by atoms with Crippen molar-refractivity contribution in [2.75, 3.05) is 13.3 Å². The zero-order valence-corrected chi connectivity index (χ0v) is 17.5. The Morgan fingerprint density at radius 3 is 2.77 bits per heavy atom. The van der Waals surface area contributed by atoms with Crippen molar-refractivity contribution < 1.29 is 4.57 Å². The van der Waals surface area contributed by atoms with Crippen LogP contribution in [0.15, 0.2) is 67.0 Å². The van der Waals surface area contributed by atoms with Gasteiger partial charge in [-0.2, -0.15) is 0 Å². The second-order valence-electron chi connectivity index (χ2n) is 7.58. The Labute approximate surface area is 173 Å². The standard InChI is InChI=1S/C22H19N6OP/c1-30(2,29)18-7-3-5-17(12-18)20-13-24-21-22(25-20)28(27-26-21)14-15-8-9-19-16(11-15)6-4-10-23-19/h3-13H,14H2,1-2H3. The van der Waals surface area contributed by atoms with Crippen molar-refractivity contribution in [3.05, 3.63) is 72.6 Å². The predicted molar refractivity (Wildman–Crippen MR) is 118 cm³/mol. The molecule has 0 fully saturated rings. The summed E-state index contributed by atoms with van der Waals surface area (Å²) in [6.07, 6.45) is 3.47. The highest BCUT2D eigenvalue weighted by Crippen LogP contribution is 2.35. The fourth-order valence-electron chi connectivity index (χ4n) is 3.40. The molecule has 0 saturated heterocycles. The quantitative estimate of drug-likeness (QED) is 0.417. The fourth-order valence-corrected chi connectivity index (χ4v) is 4.29. The molecule has 0 aliphatic carbocycles. The van der Waals surface area contributed by atoms with E-state index in [2.05, 4.69) is 26.3 Å². The van der Waals surface area contributed by atoms with Crippen LogP contribution in [0.1, 0.15) is 5.56 Å². The molecule has 0 N–H and O–H groups in total. The molecular formula is C22H19N6OP. The Hall–Kier alpha value is -3.44. The lowest BCUT2D eigenvalue weighted by molar-refractivity contribution is 0.588. The molecule has 0 aliphatic heterocycles. The molecule has 8 heteroatoms. The van der Waals surface area contributed by atoms with Gasteiger partial charge in [-0.3, -0.25) is 4.98 Å². The molecule has 2 aromatic carbocycles. The monoisotopic (exact) mass is 414 g/mol. The number of rotatable bonds is 4. The minimum atomic E-state index is -2.36. The van der Waals surface area contributed by atoms with Crippen LogP contribution in [0, 0.1) is 0 Å². The van der Waals surface area contributed by atoms with Gasteiger partial charge in [0.05, 0.1) is 24.0 Å². The number of nitrogens with zero attached hydrogens (tertiary/aromatic N) is 6. The molecule has 5 aromatic rings. The van der Waals surface area contributed by atoms with Gasteiger partial charge in [0.2, 0.25) is 5.65 Å². The lowest BCUT2D eigenvalue weighted by atomic mass is 10.1. The minimum absolute atomic E-state index is 0.494. The molecule has 7 nitrogen and oxygen atoms in total. The van der Waals surface area contributed by atoms with Gasteiger partial charge in [-0.1, -0.05) is 35.5 Å². The summed E-state index contributed by atoms with van der Waals surface area (Å²) in [4.78, 5) is 13.5. The Morgan fingerprint density at radius 1 is 1.00 bits per heavy atom. The number of fused-ring (bicyclic) bond motifs is 2. The molecule has 0 atom stereocenters. The second kappa shape index (κ2) is 7.11. The second-order valence-corrected chi connectivity index (χ2v) is 10.8. The highest BCUT2D eigenvalue weighted by molar-refractivity contribution is 7.70. The molecule has 3 heterocycles. The van der Waals surface area contributed by atoms with E-state index in [0.717, 1.165) is 27.3 Å². The number of hydrogen-bond acceptors (Lipinski definition) is 6. The summed E-state index contributed by atoms with van der Waals surface area (Å²) in [5.74, 6) is 0. The highest BCUT2D eigenvalue weighted by Gasteiger charge is 2.14. The summed E-state index contributed by atoms with van der Waals surface area (Å²) in [6.45, 7) is 4.05. The Morgan fingerprint density at radius 2 is 1.90 bits per heavy atom. The summed E-state index contributed by atoms with van der Waals surface area (Å²) in [6, 6.07) is 17.7. The van der Waals surface area contributed by atoms with Gasteiger partial charge in [-0.15, -0.1) is 5.10 Å². The summed E-state index contributed by atoms with van der Waals surface area (Å²) in [7, 11) is -2.36. The van der Waals surface area contributed by atoms with Crippen LogP contribution in [0.25, 0.3) is 33.5 Å². The van der Waals surface area contributed by atoms with Crippen molar-refractivity contribution >= 4 is 34.6 Å². The summed E-state index contributed by atoms with van der Waals surface area (Å²) in [5, 5.41) is 10.3. The van der Waals surface area contributed by atoms with Gasteiger partial charge >= 0.3 is 0 Å². The van der Waals surface area contributed by atoms with E-state index in [1.54, 1.807) is 30.4 Å². The molecule has 0 spiro atoms. The van der Waals surface area contributed by atoms with Gasteiger partial charge in [-0.25, -0.2) is 14.6 Å². The van der Waals surface area contributed by atoms with Crippen molar-refractivity contribution in [2.45, 2.75) is 6.54 Å². The van der Waals surface area contributed by atoms with Gasteiger partial charge in [0.15, 0.2) is 5.65 Å². The number of benzene rings is 2. The SMILES string of the molecule is CP(C)(=O)c1cccc(-c2cnc3nnn(Cc4ccc5ncccc5c4)c3n2)c1. The highest BCUT2D eigenvalue weighted by atomic mass is 31.2. The van der Waals surface area contributed by atoms with Crippen molar-refractivity contribution in [2.24, 2.45) is 0 Å². The molecule has 0 radical (unpaired) electrons. The van der Waals surface area contributed by atoms with Gasteiger partial charge in [0.1, 0.15) is 7.14 Å². The maximum Gasteiger partial charge on any atom is 0.221 e. The first-order valence-electron chi connectivity index (χ1n) is 9.53.